The van der Waals surface area contributed by atoms with Gasteiger partial charge in [0.1, 0.15) is 0 Å². The minimum atomic E-state index is 0.307. The van der Waals surface area contributed by atoms with E-state index in [2.05, 4.69) is 27.9 Å². The molecule has 2 fully saturated rings. The topological polar surface area (TPSA) is 12.5 Å². The highest BCUT2D eigenvalue weighted by molar-refractivity contribution is 9.09. The van der Waals surface area contributed by atoms with E-state index in [1.165, 1.54) is 64.3 Å². The first-order valence-corrected chi connectivity index (χ1v) is 8.79. The van der Waals surface area contributed by atoms with E-state index in [9.17, 15) is 0 Å². The van der Waals surface area contributed by atoms with Gasteiger partial charge in [-0.2, -0.15) is 0 Å². The third-order valence-corrected chi connectivity index (χ3v) is 5.10. The first kappa shape index (κ1) is 14.8. The highest BCUT2D eigenvalue weighted by Crippen LogP contribution is 2.43. The van der Waals surface area contributed by atoms with Crippen LogP contribution in [0.25, 0.3) is 0 Å². The molecule has 106 valence electrons. The molecule has 1 unspecified atom stereocenters. The molecule has 1 atom stereocenters. The average molecular weight is 318 g/mol. The number of alkyl halides is 1. The molecule has 1 heterocycles. The van der Waals surface area contributed by atoms with E-state index in [4.69, 9.17) is 4.74 Å². The summed E-state index contributed by atoms with van der Waals surface area (Å²) in [7, 11) is 2.25. The molecule has 3 heteroatoms. The maximum absolute atomic E-state index is 6.36. The second-order valence-corrected chi connectivity index (χ2v) is 6.97. The highest BCUT2D eigenvalue weighted by atomic mass is 79.9. The van der Waals surface area contributed by atoms with Gasteiger partial charge in [-0.3, -0.25) is 0 Å². The lowest BCUT2D eigenvalue weighted by molar-refractivity contribution is -0.0451. The molecule has 0 aromatic carbocycles. The van der Waals surface area contributed by atoms with E-state index >= 15 is 0 Å². The van der Waals surface area contributed by atoms with Crippen LogP contribution in [-0.2, 0) is 4.74 Å². The molecule has 0 amide bonds. The third-order valence-electron chi connectivity index (χ3n) is 4.54. The van der Waals surface area contributed by atoms with E-state index in [-0.39, 0.29) is 0 Å². The maximum Gasteiger partial charge on any atom is 0.0710 e. The normalized spacial score (nSPS) is 26.5. The van der Waals surface area contributed by atoms with Gasteiger partial charge in [0.2, 0.25) is 0 Å². The molecule has 0 aromatic rings. The molecule has 0 bridgehead atoms. The Kier molecular flexibility index (Phi) is 5.96. The summed E-state index contributed by atoms with van der Waals surface area (Å²) in [5.41, 5.74) is 0.307. The van der Waals surface area contributed by atoms with E-state index in [1.54, 1.807) is 0 Å². The van der Waals surface area contributed by atoms with Crippen molar-refractivity contribution < 1.29 is 4.74 Å². The summed E-state index contributed by atoms with van der Waals surface area (Å²) in [6, 6.07) is 0. The van der Waals surface area contributed by atoms with Crippen molar-refractivity contribution in [3.05, 3.63) is 0 Å². The third kappa shape index (κ3) is 4.21. The lowest BCUT2D eigenvalue weighted by atomic mass is 9.98. The second-order valence-electron chi connectivity index (χ2n) is 6.18. The summed E-state index contributed by atoms with van der Waals surface area (Å²) in [6.45, 7) is 2.36. The summed E-state index contributed by atoms with van der Waals surface area (Å²) in [6.07, 6.45) is 12.5. The quantitative estimate of drug-likeness (QED) is 0.520. The number of nitrogens with zero attached hydrogens (tertiary/aromatic N) is 1. The van der Waals surface area contributed by atoms with Gasteiger partial charge in [-0.1, -0.05) is 35.2 Å². The van der Waals surface area contributed by atoms with Crippen molar-refractivity contribution in [1.82, 2.24) is 4.90 Å². The van der Waals surface area contributed by atoms with Crippen LogP contribution in [0.5, 0.6) is 0 Å². The summed E-state index contributed by atoms with van der Waals surface area (Å²) in [5.74, 6) is 0. The maximum atomic E-state index is 6.36. The van der Waals surface area contributed by atoms with Crippen LogP contribution < -0.4 is 0 Å². The van der Waals surface area contributed by atoms with Crippen molar-refractivity contribution in [2.24, 2.45) is 0 Å². The minimum absolute atomic E-state index is 0.307. The Bertz CT molecular complexity index is 241. The zero-order chi connectivity index (χ0) is 12.8. The van der Waals surface area contributed by atoms with E-state index < -0.39 is 0 Å². The Morgan fingerprint density at radius 2 is 1.94 bits per heavy atom. The summed E-state index contributed by atoms with van der Waals surface area (Å²) in [4.78, 5) is 2.47. The molecule has 0 radical (unpaired) electrons. The van der Waals surface area contributed by atoms with Gasteiger partial charge in [-0.15, -0.1) is 0 Å². The van der Waals surface area contributed by atoms with Crippen molar-refractivity contribution in [1.29, 1.82) is 0 Å². The molecular weight excluding hydrogens is 290 g/mol. The fraction of sp³-hybridized carbons (Fsp3) is 1.00. The molecule has 0 N–H and O–H groups in total. The summed E-state index contributed by atoms with van der Waals surface area (Å²) < 4.78 is 6.36. The number of ether oxygens (including phenoxy) is 1. The summed E-state index contributed by atoms with van der Waals surface area (Å²) in [5, 5.41) is 1.14. The van der Waals surface area contributed by atoms with Crippen LogP contribution in [0.1, 0.15) is 57.8 Å². The number of halogens is 1. The minimum Gasteiger partial charge on any atom is -0.370 e. The Labute approximate surface area is 121 Å². The van der Waals surface area contributed by atoms with E-state index in [1.807, 2.05) is 0 Å². The lowest BCUT2D eigenvalue weighted by Gasteiger charge is -2.26. The zero-order valence-electron chi connectivity index (χ0n) is 11.8. The summed E-state index contributed by atoms with van der Waals surface area (Å²) >= 11 is 3.49. The highest BCUT2D eigenvalue weighted by Gasteiger charge is 2.42. The van der Waals surface area contributed by atoms with Crippen molar-refractivity contribution in [3.8, 4) is 0 Å². The predicted molar refractivity (Wildman–Crippen MR) is 80.4 cm³/mol. The van der Waals surface area contributed by atoms with Crippen LogP contribution in [0.15, 0.2) is 0 Å². The molecule has 1 aliphatic carbocycles. The molecular formula is C15H28BrNO. The number of rotatable bonds is 7. The SMILES string of the molecule is CN(CCCCCBr)CC1CCC2(CCCC2)O1. The fourth-order valence-corrected chi connectivity index (χ4v) is 3.90. The van der Waals surface area contributed by atoms with Crippen LogP contribution in [0.3, 0.4) is 0 Å². The number of likely N-dealkylation sites (N-methyl/N-ethyl adjacent to an activating group) is 1. The first-order valence-electron chi connectivity index (χ1n) is 7.66. The number of hydrogen-bond acceptors (Lipinski definition) is 2. The van der Waals surface area contributed by atoms with E-state index in [0.29, 0.717) is 11.7 Å². The van der Waals surface area contributed by atoms with Gasteiger partial charge in [0.05, 0.1) is 11.7 Å². The Morgan fingerprint density at radius 1 is 1.17 bits per heavy atom. The van der Waals surface area contributed by atoms with Gasteiger partial charge in [-0.25, -0.2) is 0 Å². The fourth-order valence-electron chi connectivity index (χ4n) is 3.50. The van der Waals surface area contributed by atoms with Crippen molar-refractivity contribution in [2.45, 2.75) is 69.5 Å². The molecule has 1 saturated carbocycles. The van der Waals surface area contributed by atoms with Gasteiger partial charge < -0.3 is 9.64 Å². The molecule has 18 heavy (non-hydrogen) atoms. The van der Waals surface area contributed by atoms with Gasteiger partial charge >= 0.3 is 0 Å². The molecule has 1 saturated heterocycles. The molecule has 2 nitrogen and oxygen atoms in total. The van der Waals surface area contributed by atoms with Crippen molar-refractivity contribution in [2.75, 3.05) is 25.5 Å². The second kappa shape index (κ2) is 7.25. The predicted octanol–water partition coefficient (Wildman–Crippen LogP) is 3.98. The van der Waals surface area contributed by atoms with Crippen LogP contribution in [0.2, 0.25) is 0 Å². The smallest absolute Gasteiger partial charge is 0.0710 e. The Balaban J connectivity index is 1.61. The average Bonchev–Trinajstić information content (AvgIpc) is 2.96. The Hall–Kier alpha value is 0.400. The molecule has 1 aliphatic heterocycles. The molecule has 2 aliphatic rings. The standard InChI is InChI=1S/C15H28BrNO/c1-17(12-6-2-5-11-16)13-14-7-10-15(18-14)8-3-4-9-15/h14H,2-13H2,1H3. The van der Waals surface area contributed by atoms with E-state index in [0.717, 1.165) is 11.9 Å². The van der Waals surface area contributed by atoms with Gasteiger partial charge in [0.15, 0.2) is 0 Å². The van der Waals surface area contributed by atoms with Crippen molar-refractivity contribution in [3.63, 3.8) is 0 Å². The van der Waals surface area contributed by atoms with Crippen LogP contribution in [-0.4, -0.2) is 42.1 Å². The monoisotopic (exact) mass is 317 g/mol. The zero-order valence-corrected chi connectivity index (χ0v) is 13.4. The van der Waals surface area contributed by atoms with Gasteiger partial charge in [-0.05, 0) is 52.1 Å². The van der Waals surface area contributed by atoms with Gasteiger partial charge in [0, 0.05) is 11.9 Å². The molecule has 1 spiro atoms. The first-order chi connectivity index (χ1) is 8.74. The lowest BCUT2D eigenvalue weighted by Crippen LogP contribution is -2.32. The van der Waals surface area contributed by atoms with Gasteiger partial charge in [0.25, 0.3) is 0 Å². The number of hydrogen-bond donors (Lipinski definition) is 0. The Morgan fingerprint density at radius 3 is 2.67 bits per heavy atom. The molecule has 2 rings (SSSR count). The van der Waals surface area contributed by atoms with Crippen LogP contribution in [0, 0.1) is 0 Å². The van der Waals surface area contributed by atoms with Crippen LogP contribution in [0.4, 0.5) is 0 Å². The van der Waals surface area contributed by atoms with Crippen molar-refractivity contribution >= 4 is 15.9 Å². The largest absolute Gasteiger partial charge is 0.370 e. The molecule has 0 aromatic heterocycles. The van der Waals surface area contributed by atoms with Crippen LogP contribution >= 0.6 is 15.9 Å². The number of unbranched alkanes of at least 4 members (excludes halogenated alkanes) is 2.